The van der Waals surface area contributed by atoms with Crippen LogP contribution in [0.25, 0.3) is 0 Å². The monoisotopic (exact) mass is 311 g/mol. The summed E-state index contributed by atoms with van der Waals surface area (Å²) in [5.74, 6) is 1.27. The van der Waals surface area contributed by atoms with Gasteiger partial charge in [0.05, 0.1) is 6.10 Å². The lowest BCUT2D eigenvalue weighted by molar-refractivity contribution is 0.0756. The summed E-state index contributed by atoms with van der Waals surface area (Å²) in [7, 11) is 0.836. The summed E-state index contributed by atoms with van der Waals surface area (Å²) in [6.07, 6.45) is 2.60. The summed E-state index contributed by atoms with van der Waals surface area (Å²) >= 11 is 0. The number of rotatable bonds is 7. The van der Waals surface area contributed by atoms with E-state index >= 15 is 0 Å². The van der Waals surface area contributed by atoms with Crippen molar-refractivity contribution in [3.05, 3.63) is 11.8 Å². The third-order valence-corrected chi connectivity index (χ3v) is 5.80. The molecule has 0 radical (unpaired) electrons. The SMILES string of the molecule is CNc1cc([C@H]2CC[C@@H](O)C2)n(COCC[Si](C)(C)C)n1. The highest BCUT2D eigenvalue weighted by atomic mass is 28.3. The molecule has 0 saturated heterocycles. The molecule has 1 fully saturated rings. The summed E-state index contributed by atoms with van der Waals surface area (Å²) in [5, 5.41) is 17.4. The second-order valence-corrected chi connectivity index (χ2v) is 12.8. The third kappa shape index (κ3) is 4.83. The highest BCUT2D eigenvalue weighted by molar-refractivity contribution is 6.76. The van der Waals surface area contributed by atoms with Crippen molar-refractivity contribution in [2.75, 3.05) is 19.0 Å². The minimum Gasteiger partial charge on any atom is -0.393 e. The Hall–Kier alpha value is -0.853. The smallest absolute Gasteiger partial charge is 0.148 e. The molecule has 21 heavy (non-hydrogen) atoms. The van der Waals surface area contributed by atoms with Crippen molar-refractivity contribution in [1.29, 1.82) is 0 Å². The van der Waals surface area contributed by atoms with Crippen LogP contribution in [0.4, 0.5) is 5.82 Å². The van der Waals surface area contributed by atoms with Gasteiger partial charge in [0.1, 0.15) is 12.5 Å². The lowest BCUT2D eigenvalue weighted by atomic mass is 10.0. The van der Waals surface area contributed by atoms with Crippen LogP contribution in [0.5, 0.6) is 0 Å². The molecule has 2 rings (SSSR count). The van der Waals surface area contributed by atoms with E-state index in [2.05, 4.69) is 36.1 Å². The molecule has 1 aliphatic rings. The molecule has 0 amide bonds. The van der Waals surface area contributed by atoms with Gasteiger partial charge in [0.15, 0.2) is 0 Å². The van der Waals surface area contributed by atoms with Crippen LogP contribution in [0.15, 0.2) is 6.07 Å². The van der Waals surface area contributed by atoms with Crippen molar-refractivity contribution in [2.24, 2.45) is 0 Å². The number of nitrogens with zero attached hydrogens (tertiary/aromatic N) is 2. The van der Waals surface area contributed by atoms with Crippen molar-refractivity contribution in [1.82, 2.24) is 9.78 Å². The van der Waals surface area contributed by atoms with E-state index in [4.69, 9.17) is 4.74 Å². The van der Waals surface area contributed by atoms with Crippen LogP contribution >= 0.6 is 0 Å². The summed E-state index contributed by atoms with van der Waals surface area (Å²) < 4.78 is 7.78. The Balaban J connectivity index is 1.96. The molecular weight excluding hydrogens is 282 g/mol. The van der Waals surface area contributed by atoms with E-state index in [0.29, 0.717) is 12.6 Å². The van der Waals surface area contributed by atoms with Gasteiger partial charge in [0, 0.05) is 39.4 Å². The zero-order valence-electron chi connectivity index (χ0n) is 13.7. The first kappa shape index (κ1) is 16.5. The van der Waals surface area contributed by atoms with Crippen LogP contribution in [-0.2, 0) is 11.5 Å². The molecule has 1 aromatic heterocycles. The van der Waals surface area contributed by atoms with Gasteiger partial charge >= 0.3 is 0 Å². The number of hydrogen-bond acceptors (Lipinski definition) is 4. The Morgan fingerprint density at radius 3 is 2.76 bits per heavy atom. The van der Waals surface area contributed by atoms with Gasteiger partial charge in [-0.1, -0.05) is 19.6 Å². The molecule has 1 aromatic rings. The third-order valence-electron chi connectivity index (χ3n) is 4.10. The number of aromatic nitrogens is 2. The van der Waals surface area contributed by atoms with Gasteiger partial charge < -0.3 is 15.2 Å². The highest BCUT2D eigenvalue weighted by Crippen LogP contribution is 2.35. The maximum atomic E-state index is 9.75. The van der Waals surface area contributed by atoms with E-state index in [1.165, 1.54) is 11.7 Å². The zero-order valence-corrected chi connectivity index (χ0v) is 14.7. The lowest BCUT2D eigenvalue weighted by Gasteiger charge is -2.17. The van der Waals surface area contributed by atoms with Gasteiger partial charge in [-0.2, -0.15) is 5.10 Å². The average molecular weight is 312 g/mol. The van der Waals surface area contributed by atoms with Crippen molar-refractivity contribution < 1.29 is 9.84 Å². The standard InChI is InChI=1S/C15H29N3O2Si/c1-16-15-10-14(12-5-6-13(19)9-12)18(17-15)11-20-7-8-21(2,3)4/h10,12-13,19H,5-9,11H2,1-4H3,(H,16,17)/t12-,13+/m0/s1. The number of hydrogen-bond donors (Lipinski definition) is 2. The average Bonchev–Trinajstić information content (AvgIpc) is 2.99. The Bertz CT molecular complexity index is 456. The molecule has 1 saturated carbocycles. The molecule has 2 atom stereocenters. The Kier molecular flexibility index (Phi) is 5.46. The largest absolute Gasteiger partial charge is 0.393 e. The second kappa shape index (κ2) is 6.94. The van der Waals surface area contributed by atoms with Gasteiger partial charge in [0.25, 0.3) is 0 Å². The number of aliphatic hydroxyl groups is 1. The number of aliphatic hydroxyl groups excluding tert-OH is 1. The molecule has 1 aliphatic carbocycles. The predicted molar refractivity (Wildman–Crippen MR) is 88.5 cm³/mol. The zero-order chi connectivity index (χ0) is 15.5. The fraction of sp³-hybridized carbons (Fsp3) is 0.800. The summed E-state index contributed by atoms with van der Waals surface area (Å²) in [6.45, 7) is 8.38. The van der Waals surface area contributed by atoms with Crippen LogP contribution in [-0.4, -0.2) is 42.7 Å². The van der Waals surface area contributed by atoms with Gasteiger partial charge in [-0.05, 0) is 25.3 Å². The summed E-state index contributed by atoms with van der Waals surface area (Å²) in [6, 6.07) is 3.26. The van der Waals surface area contributed by atoms with Crippen LogP contribution in [0, 0.1) is 0 Å². The van der Waals surface area contributed by atoms with E-state index in [1.54, 1.807) is 0 Å². The minimum absolute atomic E-state index is 0.163. The van der Waals surface area contributed by atoms with Crippen molar-refractivity contribution in [3.63, 3.8) is 0 Å². The van der Waals surface area contributed by atoms with Crippen LogP contribution in [0.1, 0.15) is 30.9 Å². The first-order valence-electron chi connectivity index (χ1n) is 7.90. The molecule has 0 aliphatic heterocycles. The molecule has 1 heterocycles. The first-order valence-corrected chi connectivity index (χ1v) is 11.6. The number of ether oxygens (including phenoxy) is 1. The Morgan fingerprint density at radius 2 is 2.19 bits per heavy atom. The van der Waals surface area contributed by atoms with Crippen LogP contribution < -0.4 is 5.32 Å². The first-order chi connectivity index (χ1) is 9.89. The highest BCUT2D eigenvalue weighted by Gasteiger charge is 2.27. The molecule has 0 aromatic carbocycles. The Morgan fingerprint density at radius 1 is 1.43 bits per heavy atom. The van der Waals surface area contributed by atoms with E-state index in [0.717, 1.165) is 31.7 Å². The normalized spacial score (nSPS) is 22.7. The molecule has 0 spiro atoms. The van der Waals surface area contributed by atoms with E-state index < -0.39 is 8.07 Å². The van der Waals surface area contributed by atoms with Crippen LogP contribution in [0.3, 0.4) is 0 Å². The predicted octanol–water partition coefficient (Wildman–Crippen LogP) is 2.87. The fourth-order valence-electron chi connectivity index (χ4n) is 2.74. The quantitative estimate of drug-likeness (QED) is 0.600. The molecule has 6 heteroatoms. The lowest BCUT2D eigenvalue weighted by Crippen LogP contribution is -2.22. The second-order valence-electron chi connectivity index (χ2n) is 7.22. The molecule has 5 nitrogen and oxygen atoms in total. The Labute approximate surface area is 128 Å². The van der Waals surface area contributed by atoms with Gasteiger partial charge in [0.2, 0.25) is 0 Å². The summed E-state index contributed by atoms with van der Waals surface area (Å²) in [4.78, 5) is 0. The molecule has 2 N–H and O–H groups in total. The van der Waals surface area contributed by atoms with Gasteiger partial charge in [-0.15, -0.1) is 0 Å². The van der Waals surface area contributed by atoms with Gasteiger partial charge in [-0.25, -0.2) is 4.68 Å². The van der Waals surface area contributed by atoms with Crippen LogP contribution in [0.2, 0.25) is 25.7 Å². The number of nitrogens with one attached hydrogen (secondary N) is 1. The van der Waals surface area contributed by atoms with Gasteiger partial charge in [-0.3, -0.25) is 0 Å². The molecular formula is C15H29N3O2Si. The van der Waals surface area contributed by atoms with Crippen molar-refractivity contribution >= 4 is 13.9 Å². The van der Waals surface area contributed by atoms with E-state index in [-0.39, 0.29) is 6.10 Å². The molecule has 120 valence electrons. The summed E-state index contributed by atoms with van der Waals surface area (Å²) in [5.41, 5.74) is 1.18. The molecule has 0 bridgehead atoms. The minimum atomic E-state index is -1.05. The molecule has 0 unspecified atom stereocenters. The van der Waals surface area contributed by atoms with Crippen molar-refractivity contribution in [2.45, 2.75) is 63.7 Å². The van der Waals surface area contributed by atoms with E-state index in [1.807, 2.05) is 11.7 Å². The fourth-order valence-corrected chi connectivity index (χ4v) is 3.50. The van der Waals surface area contributed by atoms with E-state index in [9.17, 15) is 5.11 Å². The van der Waals surface area contributed by atoms with Crippen molar-refractivity contribution in [3.8, 4) is 0 Å². The maximum absolute atomic E-state index is 9.75. The maximum Gasteiger partial charge on any atom is 0.148 e. The topological polar surface area (TPSA) is 59.3 Å². The number of anilines is 1.